The summed E-state index contributed by atoms with van der Waals surface area (Å²) in [5.74, 6) is -0.420. The minimum absolute atomic E-state index is 0.00833. The van der Waals surface area contributed by atoms with Crippen LogP contribution < -0.4 is 5.30 Å². The Labute approximate surface area is 202 Å². The largest absolute Gasteiger partial charge is 0.435 e. The first kappa shape index (κ1) is 27.9. The number of aryl methyl sites for hydroxylation is 1. The molecule has 2 nitrogen and oxygen atoms in total. The van der Waals surface area contributed by atoms with Crippen LogP contribution in [0.4, 0.5) is 30.7 Å². The lowest BCUT2D eigenvalue weighted by Gasteiger charge is -2.45. The van der Waals surface area contributed by atoms with E-state index in [2.05, 4.69) is 9.24 Å². The van der Waals surface area contributed by atoms with Crippen molar-refractivity contribution in [3.63, 3.8) is 0 Å². The van der Waals surface area contributed by atoms with Gasteiger partial charge in [-0.1, -0.05) is 50.6 Å². The molecule has 0 fully saturated rings. The highest BCUT2D eigenvalue weighted by Gasteiger charge is 2.73. The molecule has 0 amide bonds. The van der Waals surface area contributed by atoms with Gasteiger partial charge in [0.05, 0.1) is 4.90 Å². The molecule has 2 aromatic rings. The third kappa shape index (κ3) is 4.28. The summed E-state index contributed by atoms with van der Waals surface area (Å²) in [6.07, 6.45) is -11.0. The van der Waals surface area contributed by atoms with Crippen molar-refractivity contribution in [2.24, 2.45) is 5.92 Å². The third-order valence-corrected chi connectivity index (χ3v) is 10.1. The van der Waals surface area contributed by atoms with Crippen LogP contribution >= 0.6 is 9.24 Å². The lowest BCUT2D eigenvalue weighted by molar-refractivity contribution is -0.348. The fourth-order valence-electron chi connectivity index (χ4n) is 5.32. The second-order valence-corrected chi connectivity index (χ2v) is 11.7. The number of fused-ring (bicyclic) bond motifs is 1. The molecule has 11 heteroatoms. The summed E-state index contributed by atoms with van der Waals surface area (Å²) < 4.78 is 121. The van der Waals surface area contributed by atoms with Crippen LogP contribution in [0.1, 0.15) is 56.2 Å². The Morgan fingerprint density at radius 2 is 1.51 bits per heavy atom. The van der Waals surface area contributed by atoms with Gasteiger partial charge in [0, 0.05) is 5.56 Å². The molecule has 1 aliphatic carbocycles. The highest BCUT2D eigenvalue weighted by atomic mass is 32.2. The zero-order chi connectivity index (χ0) is 26.4. The molecular formula is C24H26F7O2PS. The van der Waals surface area contributed by atoms with Crippen molar-refractivity contribution in [2.45, 2.75) is 73.6 Å². The van der Waals surface area contributed by atoms with E-state index >= 15 is 0 Å². The summed E-state index contributed by atoms with van der Waals surface area (Å²) in [6.45, 7) is 3.51. The zero-order valence-electron chi connectivity index (χ0n) is 19.1. The second kappa shape index (κ2) is 9.33. The standard InChI is InChI=1S/C24H26F7O2PS/c1-3-5-16-7-6-15-14-17(22(25,23(26,27)28)24(29,30)31)8-13-20(15)21(16,4-2)35(32,33)19-11-9-18(34)10-12-19/h8-14,16H,3-7,34H2,1-2H3. The molecule has 3 rings (SSSR count). The number of rotatable bonds is 6. The van der Waals surface area contributed by atoms with E-state index in [1.54, 1.807) is 19.1 Å². The molecule has 0 bridgehead atoms. The van der Waals surface area contributed by atoms with Crippen LogP contribution in [-0.2, 0) is 26.7 Å². The Hall–Kier alpha value is -1.67. The number of benzene rings is 2. The molecule has 0 radical (unpaired) electrons. The molecular weight excluding hydrogens is 516 g/mol. The van der Waals surface area contributed by atoms with Crippen molar-refractivity contribution < 1.29 is 39.2 Å². The maximum atomic E-state index is 14.7. The fraction of sp³-hybridized carbons (Fsp3) is 0.500. The summed E-state index contributed by atoms with van der Waals surface area (Å²) in [5.41, 5.74) is -7.05. The van der Waals surface area contributed by atoms with Gasteiger partial charge in [-0.2, -0.15) is 26.3 Å². The molecule has 0 saturated heterocycles. The van der Waals surface area contributed by atoms with E-state index in [0.717, 1.165) is 11.4 Å². The molecule has 0 aromatic heterocycles. The Bertz CT molecular complexity index is 1160. The lowest BCUT2D eigenvalue weighted by Crippen LogP contribution is -2.51. The van der Waals surface area contributed by atoms with Crippen LogP contribution in [0, 0.1) is 5.92 Å². The van der Waals surface area contributed by atoms with Crippen LogP contribution in [0.15, 0.2) is 47.4 Å². The first-order chi connectivity index (χ1) is 16.1. The predicted molar refractivity (Wildman–Crippen MR) is 123 cm³/mol. The van der Waals surface area contributed by atoms with Crippen LogP contribution in [0.2, 0.25) is 0 Å². The Balaban J connectivity index is 2.31. The highest BCUT2D eigenvalue weighted by molar-refractivity contribution is 7.92. The van der Waals surface area contributed by atoms with Gasteiger partial charge in [0.15, 0.2) is 9.84 Å². The van der Waals surface area contributed by atoms with Crippen molar-refractivity contribution in [2.75, 3.05) is 0 Å². The SMILES string of the molecule is CCCC1CCc2cc(C(F)(C(F)(F)F)C(F)(F)F)ccc2C1(CC)S(=O)(=O)c1ccc(P)cc1. The topological polar surface area (TPSA) is 34.1 Å². The van der Waals surface area contributed by atoms with E-state index in [9.17, 15) is 39.2 Å². The number of alkyl halides is 7. The van der Waals surface area contributed by atoms with Crippen molar-refractivity contribution in [1.82, 2.24) is 0 Å². The summed E-state index contributed by atoms with van der Waals surface area (Å²) in [4.78, 5) is 0.00833. The van der Waals surface area contributed by atoms with Gasteiger partial charge in [-0.3, -0.25) is 0 Å². The fourth-order valence-corrected chi connectivity index (χ4v) is 7.97. The molecule has 3 unspecified atom stereocenters. The van der Waals surface area contributed by atoms with Gasteiger partial charge in [-0.05, 0) is 60.2 Å². The molecule has 35 heavy (non-hydrogen) atoms. The Kier molecular flexibility index (Phi) is 7.44. The van der Waals surface area contributed by atoms with Crippen LogP contribution in [0.5, 0.6) is 0 Å². The number of hydrogen-bond acceptors (Lipinski definition) is 2. The molecule has 0 saturated carbocycles. The van der Waals surface area contributed by atoms with E-state index in [1.165, 1.54) is 12.1 Å². The lowest BCUT2D eigenvalue weighted by atomic mass is 9.70. The van der Waals surface area contributed by atoms with E-state index in [0.29, 0.717) is 25.0 Å². The minimum Gasteiger partial charge on any atom is -0.223 e. The van der Waals surface area contributed by atoms with E-state index in [1.807, 2.05) is 6.92 Å². The monoisotopic (exact) mass is 542 g/mol. The average molecular weight is 542 g/mol. The maximum absolute atomic E-state index is 14.7. The predicted octanol–water partition coefficient (Wildman–Crippen LogP) is 6.92. The highest BCUT2D eigenvalue weighted by Crippen LogP contribution is 2.56. The van der Waals surface area contributed by atoms with Gasteiger partial charge in [0.25, 0.3) is 0 Å². The number of halogens is 7. The molecule has 0 aliphatic heterocycles. The molecule has 1 aliphatic rings. The molecule has 3 atom stereocenters. The number of hydrogen-bond donors (Lipinski definition) is 0. The average Bonchev–Trinajstić information content (AvgIpc) is 2.77. The second-order valence-electron chi connectivity index (χ2n) is 8.87. The quantitative estimate of drug-likeness (QED) is 0.294. The van der Waals surface area contributed by atoms with E-state index < -0.39 is 44.1 Å². The van der Waals surface area contributed by atoms with Gasteiger partial charge >= 0.3 is 18.0 Å². The van der Waals surface area contributed by atoms with Crippen molar-refractivity contribution >= 4 is 24.4 Å². The van der Waals surface area contributed by atoms with Crippen LogP contribution in [-0.4, -0.2) is 20.8 Å². The van der Waals surface area contributed by atoms with Gasteiger partial charge in [-0.15, -0.1) is 9.24 Å². The molecule has 0 spiro atoms. The molecule has 194 valence electrons. The van der Waals surface area contributed by atoms with Gasteiger partial charge in [-0.25, -0.2) is 12.8 Å². The summed E-state index contributed by atoms with van der Waals surface area (Å²) in [5, 5.41) is 0.742. The molecule has 0 N–H and O–H groups in total. The maximum Gasteiger partial charge on any atom is 0.435 e. The van der Waals surface area contributed by atoms with Gasteiger partial charge < -0.3 is 0 Å². The molecule has 0 heterocycles. The van der Waals surface area contributed by atoms with Crippen molar-refractivity contribution in [3.05, 3.63) is 59.2 Å². The minimum atomic E-state index is -6.24. The van der Waals surface area contributed by atoms with Gasteiger partial charge in [0.1, 0.15) is 4.75 Å². The van der Waals surface area contributed by atoms with Crippen LogP contribution in [0.3, 0.4) is 0 Å². The van der Waals surface area contributed by atoms with Crippen molar-refractivity contribution in [3.8, 4) is 0 Å². The molecule has 2 aromatic carbocycles. The van der Waals surface area contributed by atoms with Gasteiger partial charge in [0.2, 0.25) is 0 Å². The normalized spacial score (nSPS) is 21.6. The Morgan fingerprint density at radius 1 is 0.943 bits per heavy atom. The zero-order valence-corrected chi connectivity index (χ0v) is 21.1. The summed E-state index contributed by atoms with van der Waals surface area (Å²) in [6, 6.07) is 7.97. The first-order valence-electron chi connectivity index (χ1n) is 11.1. The smallest absolute Gasteiger partial charge is 0.223 e. The van der Waals surface area contributed by atoms with E-state index in [-0.39, 0.29) is 35.3 Å². The van der Waals surface area contributed by atoms with Crippen LogP contribution in [0.25, 0.3) is 0 Å². The number of sulfone groups is 1. The third-order valence-electron chi connectivity index (χ3n) is 6.99. The Morgan fingerprint density at radius 3 is 2.00 bits per heavy atom. The first-order valence-corrected chi connectivity index (χ1v) is 13.2. The summed E-state index contributed by atoms with van der Waals surface area (Å²) in [7, 11) is -1.69. The van der Waals surface area contributed by atoms with E-state index in [4.69, 9.17) is 0 Å². The summed E-state index contributed by atoms with van der Waals surface area (Å²) >= 11 is 0. The van der Waals surface area contributed by atoms with Crippen molar-refractivity contribution in [1.29, 1.82) is 0 Å².